The predicted octanol–water partition coefficient (Wildman–Crippen LogP) is -1.95. The number of aliphatic imine (C=N–C) groups is 2. The molecule has 0 aliphatic carbocycles. The number of para-hydroxylation sites is 1. The summed E-state index contributed by atoms with van der Waals surface area (Å²) in [6, 6.07) is 3.94. The fourth-order valence-corrected chi connectivity index (χ4v) is 6.27. The van der Waals surface area contributed by atoms with Gasteiger partial charge in [-0.05, 0) is 30.9 Å². The molecule has 2 aromatic rings. The van der Waals surface area contributed by atoms with Crippen LogP contribution < -0.4 is 32.2 Å². The normalized spacial score (nSPS) is 28.2. The van der Waals surface area contributed by atoms with Crippen molar-refractivity contribution in [2.75, 3.05) is 19.7 Å². The SMILES string of the molecule is Cc1ccnc(C(=O)NC[C@@H]2N=C(N)N3C[C@H](NC(=O)c4cccc5c4OCCC5(C)C)C(O)(O)[C@@]34NC(N)=N[C@@H]24)n1. The lowest BCUT2D eigenvalue weighted by molar-refractivity contribution is -0.230. The molecule has 1 saturated heterocycles. The fraction of sp³-hybridized carbons (Fsp3) is 0.481. The number of nitrogens with two attached hydrogens (primary N) is 2. The number of benzene rings is 1. The van der Waals surface area contributed by atoms with E-state index in [4.69, 9.17) is 16.2 Å². The van der Waals surface area contributed by atoms with Crippen molar-refractivity contribution >= 4 is 23.7 Å². The molecule has 1 spiro atoms. The van der Waals surface area contributed by atoms with Gasteiger partial charge in [-0.25, -0.2) is 20.0 Å². The molecule has 0 saturated carbocycles. The number of ether oxygens (including phenoxy) is 1. The summed E-state index contributed by atoms with van der Waals surface area (Å²) in [6.45, 7) is 6.17. The number of nitrogens with one attached hydrogen (secondary N) is 3. The van der Waals surface area contributed by atoms with Gasteiger partial charge in [0.15, 0.2) is 17.6 Å². The Kier molecular flexibility index (Phi) is 6.27. The highest BCUT2D eigenvalue weighted by atomic mass is 16.5. The first-order valence-corrected chi connectivity index (χ1v) is 13.7. The molecule has 0 unspecified atom stereocenters. The van der Waals surface area contributed by atoms with Crippen molar-refractivity contribution in [3.05, 3.63) is 53.1 Å². The van der Waals surface area contributed by atoms with Gasteiger partial charge in [0.1, 0.15) is 17.8 Å². The van der Waals surface area contributed by atoms with Crippen molar-refractivity contribution in [3.8, 4) is 5.75 Å². The number of aromatic nitrogens is 2. The average Bonchev–Trinajstić information content (AvgIpc) is 3.40. The average molecular weight is 579 g/mol. The Morgan fingerprint density at radius 2 is 1.98 bits per heavy atom. The van der Waals surface area contributed by atoms with Crippen molar-refractivity contribution in [1.82, 2.24) is 30.8 Å². The number of nitrogens with zero attached hydrogens (tertiary/aromatic N) is 5. The summed E-state index contributed by atoms with van der Waals surface area (Å²) in [5.74, 6) is -3.37. The molecule has 15 nitrogen and oxygen atoms in total. The van der Waals surface area contributed by atoms with Crippen LogP contribution in [0.1, 0.15) is 52.5 Å². The lowest BCUT2D eigenvalue weighted by Crippen LogP contribution is -2.78. The van der Waals surface area contributed by atoms with E-state index in [0.29, 0.717) is 18.1 Å². The van der Waals surface area contributed by atoms with Crippen LogP contribution in [0.15, 0.2) is 40.4 Å². The van der Waals surface area contributed by atoms with Gasteiger partial charge in [0.2, 0.25) is 11.6 Å². The second-order valence-electron chi connectivity index (χ2n) is 11.7. The van der Waals surface area contributed by atoms with E-state index in [0.717, 1.165) is 12.0 Å². The Balaban J connectivity index is 1.26. The van der Waals surface area contributed by atoms with Crippen molar-refractivity contribution in [1.29, 1.82) is 0 Å². The summed E-state index contributed by atoms with van der Waals surface area (Å²) < 4.78 is 5.89. The molecule has 4 aliphatic rings. The molecule has 5 heterocycles. The van der Waals surface area contributed by atoms with Crippen molar-refractivity contribution in [2.45, 2.75) is 62.2 Å². The summed E-state index contributed by atoms with van der Waals surface area (Å²) in [6.07, 6.45) is 2.28. The zero-order valence-electron chi connectivity index (χ0n) is 23.5. The molecule has 0 radical (unpaired) electrons. The molecular weight excluding hydrogens is 544 g/mol. The minimum absolute atomic E-state index is 0.0237. The Labute approximate surface area is 241 Å². The third-order valence-corrected chi connectivity index (χ3v) is 8.54. The van der Waals surface area contributed by atoms with Crippen LogP contribution in [0.5, 0.6) is 5.75 Å². The molecule has 2 amide bonds. The Morgan fingerprint density at radius 3 is 2.74 bits per heavy atom. The van der Waals surface area contributed by atoms with E-state index in [1.165, 1.54) is 11.1 Å². The van der Waals surface area contributed by atoms with Crippen molar-refractivity contribution in [3.63, 3.8) is 0 Å². The maximum Gasteiger partial charge on any atom is 0.289 e. The minimum atomic E-state index is -2.63. The molecule has 4 atom stereocenters. The van der Waals surface area contributed by atoms with Gasteiger partial charge in [-0.2, -0.15) is 0 Å². The number of aliphatic hydroxyl groups is 2. The number of fused-ring (bicyclic) bond motifs is 1. The van der Waals surface area contributed by atoms with Crippen LogP contribution in [0.2, 0.25) is 0 Å². The van der Waals surface area contributed by atoms with E-state index in [2.05, 4.69) is 49.8 Å². The number of rotatable bonds is 5. The third-order valence-electron chi connectivity index (χ3n) is 8.54. The largest absolute Gasteiger partial charge is 0.492 e. The molecule has 4 aliphatic heterocycles. The lowest BCUT2D eigenvalue weighted by atomic mass is 9.79. The number of hydrogen-bond donors (Lipinski definition) is 7. The van der Waals surface area contributed by atoms with E-state index in [1.807, 2.05) is 6.07 Å². The van der Waals surface area contributed by atoms with E-state index in [-0.39, 0.29) is 41.8 Å². The zero-order valence-corrected chi connectivity index (χ0v) is 23.5. The Hall–Kier alpha value is -4.50. The van der Waals surface area contributed by atoms with E-state index in [9.17, 15) is 19.8 Å². The molecular formula is C27H34N10O5. The van der Waals surface area contributed by atoms with Gasteiger partial charge in [0.25, 0.3) is 11.8 Å². The second-order valence-corrected chi connectivity index (χ2v) is 11.7. The summed E-state index contributed by atoms with van der Waals surface area (Å²) in [7, 11) is 0. The number of guanidine groups is 2. The predicted molar refractivity (Wildman–Crippen MR) is 150 cm³/mol. The quantitative estimate of drug-likeness (QED) is 0.193. The van der Waals surface area contributed by atoms with Crippen LogP contribution in [0.3, 0.4) is 0 Å². The molecule has 9 N–H and O–H groups in total. The van der Waals surface area contributed by atoms with Gasteiger partial charge >= 0.3 is 0 Å². The van der Waals surface area contributed by atoms with E-state index < -0.39 is 41.4 Å². The first kappa shape index (κ1) is 27.7. The summed E-state index contributed by atoms with van der Waals surface area (Å²) in [4.78, 5) is 44.8. The van der Waals surface area contributed by atoms with Crippen LogP contribution in [0.4, 0.5) is 0 Å². The monoisotopic (exact) mass is 578 g/mol. The van der Waals surface area contributed by atoms with Gasteiger partial charge in [0, 0.05) is 30.5 Å². The molecule has 1 fully saturated rings. The zero-order chi connectivity index (χ0) is 30.0. The maximum atomic E-state index is 13.6. The fourth-order valence-electron chi connectivity index (χ4n) is 6.27. The Morgan fingerprint density at radius 1 is 1.19 bits per heavy atom. The topological polar surface area (TPSA) is 226 Å². The lowest BCUT2D eigenvalue weighted by Gasteiger charge is -2.49. The third kappa shape index (κ3) is 4.10. The second kappa shape index (κ2) is 9.52. The van der Waals surface area contributed by atoms with Crippen LogP contribution >= 0.6 is 0 Å². The maximum absolute atomic E-state index is 13.6. The molecule has 42 heavy (non-hydrogen) atoms. The molecule has 15 heteroatoms. The highest BCUT2D eigenvalue weighted by Gasteiger charge is 2.73. The molecule has 222 valence electrons. The van der Waals surface area contributed by atoms with Crippen LogP contribution in [0.25, 0.3) is 0 Å². The highest BCUT2D eigenvalue weighted by molar-refractivity contribution is 5.98. The summed E-state index contributed by atoms with van der Waals surface area (Å²) in [5, 5.41) is 31.8. The molecule has 1 aromatic carbocycles. The first-order valence-electron chi connectivity index (χ1n) is 13.7. The summed E-state index contributed by atoms with van der Waals surface area (Å²) >= 11 is 0. The van der Waals surface area contributed by atoms with Crippen LogP contribution in [-0.4, -0.2) is 98.1 Å². The van der Waals surface area contributed by atoms with Gasteiger partial charge < -0.3 is 47.3 Å². The number of hydrogen-bond acceptors (Lipinski definition) is 13. The Bertz CT molecular complexity index is 1520. The number of amides is 2. The van der Waals surface area contributed by atoms with E-state index >= 15 is 0 Å². The molecule has 1 aromatic heterocycles. The van der Waals surface area contributed by atoms with Gasteiger partial charge in [-0.3, -0.25) is 9.59 Å². The highest BCUT2D eigenvalue weighted by Crippen LogP contribution is 2.45. The van der Waals surface area contributed by atoms with E-state index in [1.54, 1.807) is 25.1 Å². The first-order chi connectivity index (χ1) is 19.8. The smallest absolute Gasteiger partial charge is 0.289 e. The standard InChI is InChI=1S/C27H34N10O5/c1-13-7-9-30-20(32-13)22(39)31-11-16-19-26(36-23(28)35-19)27(40,41)17(12-37(26)24(29)33-16)34-21(38)14-5-4-6-15-18(14)42-10-8-25(15,2)3/h4-7,9,16-17,19,40-41H,8,10-12H2,1-3H3,(H2,29,33)(H,31,39)(H,34,38)(H3,28,35,36)/t16-,17-,19-,26-/m0/s1. The minimum Gasteiger partial charge on any atom is -0.492 e. The summed E-state index contributed by atoms with van der Waals surface area (Å²) in [5.41, 5.74) is 12.3. The van der Waals surface area contributed by atoms with Gasteiger partial charge in [-0.1, -0.05) is 26.0 Å². The van der Waals surface area contributed by atoms with Gasteiger partial charge in [0.05, 0.1) is 18.2 Å². The van der Waals surface area contributed by atoms with Crippen molar-refractivity contribution in [2.24, 2.45) is 21.5 Å². The van der Waals surface area contributed by atoms with Crippen LogP contribution in [0, 0.1) is 6.92 Å². The number of carbonyl (C=O) groups excluding carboxylic acids is 2. The van der Waals surface area contributed by atoms with Gasteiger partial charge in [-0.15, -0.1) is 0 Å². The van der Waals surface area contributed by atoms with Crippen molar-refractivity contribution < 1.29 is 24.5 Å². The molecule has 6 rings (SSSR count). The molecule has 0 bridgehead atoms. The number of aryl methyl sites for hydroxylation is 1. The number of carbonyl (C=O) groups is 2. The van der Waals surface area contributed by atoms with Crippen LogP contribution in [-0.2, 0) is 5.41 Å².